The van der Waals surface area contributed by atoms with Crippen LogP contribution in [0.4, 0.5) is 0 Å². The zero-order valence-corrected chi connectivity index (χ0v) is 8.01. The molecule has 1 saturated carbocycles. The molecule has 1 spiro atoms. The number of carbonyl (C=O) groups excluding carboxylic acids is 2. The van der Waals surface area contributed by atoms with Crippen molar-refractivity contribution in [2.24, 2.45) is 5.41 Å². The van der Waals surface area contributed by atoms with Crippen LogP contribution in [-0.2, 0) is 9.59 Å². The quantitative estimate of drug-likeness (QED) is 0.534. The predicted molar refractivity (Wildman–Crippen MR) is 50.0 cm³/mol. The fourth-order valence-corrected chi connectivity index (χ4v) is 2.56. The molecule has 3 heteroatoms. The summed E-state index contributed by atoms with van der Waals surface area (Å²) in [7, 11) is 1.59. The van der Waals surface area contributed by atoms with E-state index in [4.69, 9.17) is 0 Å². The normalized spacial score (nSPS) is 27.3. The van der Waals surface area contributed by atoms with E-state index in [2.05, 4.69) is 0 Å². The highest BCUT2D eigenvalue weighted by atomic mass is 16.2. The molecular weight excluding hydrogens is 166 g/mol. The van der Waals surface area contributed by atoms with Crippen LogP contribution in [0.1, 0.15) is 40.0 Å². The van der Waals surface area contributed by atoms with Crippen LogP contribution in [0.15, 0.2) is 0 Å². The molecule has 1 saturated heterocycles. The molecule has 0 aromatic rings. The van der Waals surface area contributed by atoms with E-state index in [1.807, 2.05) is 0 Å². The Kier molecular flexibility index (Phi) is 1.90. The molecule has 2 aliphatic rings. The SMILES string of the molecule is CN1C(=O)CC2(CCCC2)CC1=O.[HH]. The summed E-state index contributed by atoms with van der Waals surface area (Å²) < 4.78 is 0. The van der Waals surface area contributed by atoms with Gasteiger partial charge < -0.3 is 0 Å². The maximum absolute atomic E-state index is 11.5. The van der Waals surface area contributed by atoms with E-state index in [0.717, 1.165) is 12.8 Å². The molecule has 0 radical (unpaired) electrons. The highest BCUT2D eigenvalue weighted by molar-refractivity contribution is 5.98. The van der Waals surface area contributed by atoms with E-state index in [0.29, 0.717) is 12.8 Å². The van der Waals surface area contributed by atoms with Crippen molar-refractivity contribution in [2.75, 3.05) is 7.05 Å². The van der Waals surface area contributed by atoms with Gasteiger partial charge in [0.2, 0.25) is 11.8 Å². The maximum Gasteiger partial charge on any atom is 0.229 e. The Morgan fingerprint density at radius 1 is 1.15 bits per heavy atom. The minimum Gasteiger partial charge on any atom is -0.286 e. The van der Waals surface area contributed by atoms with Crippen LogP contribution in [0.3, 0.4) is 0 Å². The van der Waals surface area contributed by atoms with Gasteiger partial charge in [-0.3, -0.25) is 14.5 Å². The molecule has 13 heavy (non-hydrogen) atoms. The summed E-state index contributed by atoms with van der Waals surface area (Å²) >= 11 is 0. The highest BCUT2D eigenvalue weighted by Gasteiger charge is 2.43. The molecule has 0 unspecified atom stereocenters. The second-order valence-corrected chi connectivity index (χ2v) is 4.41. The third-order valence-corrected chi connectivity index (χ3v) is 3.46. The lowest BCUT2D eigenvalue weighted by molar-refractivity contribution is -0.151. The van der Waals surface area contributed by atoms with Crippen molar-refractivity contribution < 1.29 is 11.0 Å². The Morgan fingerprint density at radius 2 is 1.62 bits per heavy atom. The van der Waals surface area contributed by atoms with E-state index in [1.54, 1.807) is 7.05 Å². The molecule has 2 fully saturated rings. The summed E-state index contributed by atoms with van der Waals surface area (Å²) in [5.74, 6) is 0.0244. The molecule has 0 atom stereocenters. The summed E-state index contributed by atoms with van der Waals surface area (Å²) in [6, 6.07) is 0. The van der Waals surface area contributed by atoms with Gasteiger partial charge in [0.25, 0.3) is 0 Å². The van der Waals surface area contributed by atoms with Gasteiger partial charge in [-0.25, -0.2) is 0 Å². The number of hydrogen-bond acceptors (Lipinski definition) is 2. The standard InChI is InChI=1S/C10H15NO2.H2/c1-11-8(12)6-10(7-9(11)13)4-2-3-5-10;/h2-7H2,1H3;1H. The number of nitrogens with zero attached hydrogens (tertiary/aromatic N) is 1. The number of amides is 2. The Balaban J connectivity index is 0.000000980. The van der Waals surface area contributed by atoms with E-state index in [1.165, 1.54) is 17.7 Å². The Hall–Kier alpha value is -0.860. The first-order valence-electron chi connectivity index (χ1n) is 4.92. The van der Waals surface area contributed by atoms with E-state index >= 15 is 0 Å². The zero-order valence-electron chi connectivity index (χ0n) is 8.01. The number of carbonyl (C=O) groups is 2. The van der Waals surface area contributed by atoms with Gasteiger partial charge >= 0.3 is 0 Å². The molecule has 1 aliphatic heterocycles. The van der Waals surface area contributed by atoms with Crippen LogP contribution in [0, 0.1) is 5.41 Å². The average molecular weight is 183 g/mol. The molecule has 1 heterocycles. The number of imide groups is 1. The van der Waals surface area contributed by atoms with Gasteiger partial charge in [-0.2, -0.15) is 0 Å². The molecule has 74 valence electrons. The smallest absolute Gasteiger partial charge is 0.229 e. The van der Waals surface area contributed by atoms with Crippen LogP contribution >= 0.6 is 0 Å². The lowest BCUT2D eigenvalue weighted by atomic mass is 9.76. The van der Waals surface area contributed by atoms with Crippen LogP contribution in [0.2, 0.25) is 0 Å². The molecular formula is C10H17NO2. The van der Waals surface area contributed by atoms with E-state index < -0.39 is 0 Å². The summed E-state index contributed by atoms with van der Waals surface area (Å²) in [5, 5.41) is 0. The summed E-state index contributed by atoms with van der Waals surface area (Å²) in [4.78, 5) is 24.2. The van der Waals surface area contributed by atoms with Gasteiger partial charge in [0.1, 0.15) is 0 Å². The lowest BCUT2D eigenvalue weighted by Crippen LogP contribution is -2.44. The number of piperidine rings is 1. The third-order valence-electron chi connectivity index (χ3n) is 3.46. The second kappa shape index (κ2) is 2.82. The first kappa shape index (κ1) is 8.73. The highest BCUT2D eigenvalue weighted by Crippen LogP contribution is 2.46. The van der Waals surface area contributed by atoms with E-state index in [-0.39, 0.29) is 18.7 Å². The van der Waals surface area contributed by atoms with Crippen LogP contribution < -0.4 is 0 Å². The summed E-state index contributed by atoms with van der Waals surface area (Å²) in [5.41, 5.74) is 0.0562. The van der Waals surface area contributed by atoms with Gasteiger partial charge in [-0.1, -0.05) is 12.8 Å². The topological polar surface area (TPSA) is 37.4 Å². The second-order valence-electron chi connectivity index (χ2n) is 4.41. The number of rotatable bonds is 0. The van der Waals surface area contributed by atoms with Gasteiger partial charge in [-0.05, 0) is 18.3 Å². The van der Waals surface area contributed by atoms with Gasteiger partial charge in [-0.15, -0.1) is 0 Å². The minimum absolute atomic E-state index is 0. The van der Waals surface area contributed by atoms with Crippen molar-refractivity contribution in [3.8, 4) is 0 Å². The number of likely N-dealkylation sites (tertiary alicyclic amines) is 1. The Labute approximate surface area is 79.6 Å². The van der Waals surface area contributed by atoms with E-state index in [9.17, 15) is 9.59 Å². The average Bonchev–Trinajstić information content (AvgIpc) is 2.49. The van der Waals surface area contributed by atoms with Crippen molar-refractivity contribution in [1.29, 1.82) is 0 Å². The molecule has 0 aromatic heterocycles. The molecule has 3 nitrogen and oxygen atoms in total. The third kappa shape index (κ3) is 1.36. The van der Waals surface area contributed by atoms with Crippen LogP contribution in [0.25, 0.3) is 0 Å². The van der Waals surface area contributed by atoms with Crippen molar-refractivity contribution in [3.63, 3.8) is 0 Å². The van der Waals surface area contributed by atoms with Crippen molar-refractivity contribution in [3.05, 3.63) is 0 Å². The molecule has 2 rings (SSSR count). The first-order chi connectivity index (χ1) is 6.13. The van der Waals surface area contributed by atoms with Gasteiger partial charge in [0.15, 0.2) is 0 Å². The van der Waals surface area contributed by atoms with Crippen molar-refractivity contribution in [2.45, 2.75) is 38.5 Å². The molecule has 0 N–H and O–H groups in total. The zero-order chi connectivity index (χ0) is 9.47. The molecule has 1 aliphatic carbocycles. The first-order valence-corrected chi connectivity index (χ1v) is 4.92. The van der Waals surface area contributed by atoms with Crippen LogP contribution in [-0.4, -0.2) is 23.8 Å². The van der Waals surface area contributed by atoms with Crippen LogP contribution in [0.5, 0.6) is 0 Å². The predicted octanol–water partition coefficient (Wildman–Crippen LogP) is 1.57. The fourth-order valence-electron chi connectivity index (χ4n) is 2.56. The molecule has 0 aromatic carbocycles. The monoisotopic (exact) mass is 183 g/mol. The molecule has 2 amide bonds. The van der Waals surface area contributed by atoms with Gasteiger partial charge in [0.05, 0.1) is 0 Å². The van der Waals surface area contributed by atoms with Crippen molar-refractivity contribution >= 4 is 11.8 Å². The lowest BCUT2D eigenvalue weighted by Gasteiger charge is -2.35. The van der Waals surface area contributed by atoms with Crippen molar-refractivity contribution in [1.82, 2.24) is 4.90 Å². The minimum atomic E-state index is 0. The molecule has 0 bridgehead atoms. The fraction of sp³-hybridized carbons (Fsp3) is 0.800. The summed E-state index contributed by atoms with van der Waals surface area (Å²) in [6.07, 6.45) is 5.69. The largest absolute Gasteiger partial charge is 0.286 e. The number of hydrogen-bond donors (Lipinski definition) is 0. The summed E-state index contributed by atoms with van der Waals surface area (Å²) in [6.45, 7) is 0. The van der Waals surface area contributed by atoms with Gasteiger partial charge in [0, 0.05) is 21.3 Å². The Bertz CT molecular complexity index is 239. The Morgan fingerprint density at radius 3 is 2.08 bits per heavy atom. The maximum atomic E-state index is 11.5.